The number of amides is 1. The van der Waals surface area contributed by atoms with Gasteiger partial charge in [-0.15, -0.1) is 11.8 Å². The molecule has 0 unspecified atom stereocenters. The minimum Gasteiger partial charge on any atom is -0.455 e. The third-order valence-corrected chi connectivity index (χ3v) is 5.72. The topological polar surface area (TPSA) is 38.3 Å². The van der Waals surface area contributed by atoms with Crippen LogP contribution in [0.4, 0.5) is 5.69 Å². The lowest BCUT2D eigenvalue weighted by atomic mass is 10.1. The van der Waals surface area contributed by atoms with Crippen molar-refractivity contribution in [1.82, 2.24) is 0 Å². The van der Waals surface area contributed by atoms with Crippen LogP contribution in [-0.2, 0) is 4.79 Å². The van der Waals surface area contributed by atoms with Gasteiger partial charge in [0.2, 0.25) is 5.91 Å². The summed E-state index contributed by atoms with van der Waals surface area (Å²) < 4.78 is 5.99. The average molecular weight is 412 g/mol. The maximum absolute atomic E-state index is 13.3. The van der Waals surface area contributed by atoms with E-state index in [1.165, 1.54) is 11.8 Å². The van der Waals surface area contributed by atoms with Crippen LogP contribution in [0, 0.1) is 0 Å². The molecule has 148 valence electrons. The number of anilines is 1. The predicted molar refractivity (Wildman–Crippen MR) is 123 cm³/mol. The molecule has 0 aliphatic rings. The molecule has 0 spiro atoms. The van der Waals surface area contributed by atoms with Gasteiger partial charge in [-0.3, -0.25) is 4.79 Å². The molecule has 4 aromatic carbocycles. The zero-order valence-electron chi connectivity index (χ0n) is 16.3. The zero-order valence-corrected chi connectivity index (χ0v) is 17.1. The molecule has 4 heteroatoms. The molecule has 0 aliphatic carbocycles. The summed E-state index contributed by atoms with van der Waals surface area (Å²) in [6, 6.07) is 36.8. The zero-order chi connectivity index (χ0) is 20.6. The van der Waals surface area contributed by atoms with Crippen molar-refractivity contribution in [2.45, 2.75) is 10.1 Å². The summed E-state index contributed by atoms with van der Waals surface area (Å²) in [4.78, 5) is 14.4. The van der Waals surface area contributed by atoms with Crippen LogP contribution in [0.15, 0.2) is 120 Å². The Morgan fingerprint density at radius 2 is 1.27 bits per heavy atom. The van der Waals surface area contributed by atoms with E-state index in [1.807, 2.05) is 115 Å². The van der Waals surface area contributed by atoms with E-state index in [-0.39, 0.29) is 5.91 Å². The number of thioether (sulfide) groups is 1. The van der Waals surface area contributed by atoms with Gasteiger partial charge in [0.05, 0.1) is 5.69 Å². The molecule has 4 rings (SSSR count). The largest absolute Gasteiger partial charge is 0.455 e. The maximum Gasteiger partial charge on any atom is 0.242 e. The van der Waals surface area contributed by atoms with Gasteiger partial charge in [0.15, 0.2) is 5.75 Å². The Morgan fingerprint density at radius 1 is 0.700 bits per heavy atom. The molecule has 0 aromatic heterocycles. The third kappa shape index (κ3) is 5.10. The second kappa shape index (κ2) is 9.81. The summed E-state index contributed by atoms with van der Waals surface area (Å²) in [5, 5.41) is 2.67. The van der Waals surface area contributed by atoms with E-state index >= 15 is 0 Å². The Bertz CT molecular complexity index is 1090. The van der Waals surface area contributed by atoms with Crippen molar-refractivity contribution < 1.29 is 9.53 Å². The standard InChI is InChI=1S/C26H21NO2S/c28-26(25(20-12-4-1-5-13-20)30-22-16-8-3-9-17-22)27-23-18-10-11-19-24(23)29-21-14-6-2-7-15-21/h1-19,25H,(H,27,28)/t25-/m1/s1. The van der Waals surface area contributed by atoms with Crippen LogP contribution in [0.2, 0.25) is 0 Å². The maximum atomic E-state index is 13.3. The van der Waals surface area contributed by atoms with Crippen LogP contribution in [0.1, 0.15) is 10.8 Å². The second-order valence-electron chi connectivity index (χ2n) is 6.62. The summed E-state index contributed by atoms with van der Waals surface area (Å²) >= 11 is 1.53. The van der Waals surface area contributed by atoms with Crippen LogP contribution in [0.25, 0.3) is 0 Å². The molecule has 0 heterocycles. The van der Waals surface area contributed by atoms with Crippen molar-refractivity contribution in [3.8, 4) is 11.5 Å². The molecule has 0 aliphatic heterocycles. The van der Waals surface area contributed by atoms with Gasteiger partial charge in [0.25, 0.3) is 0 Å². The van der Waals surface area contributed by atoms with E-state index in [4.69, 9.17) is 4.74 Å². The van der Waals surface area contributed by atoms with Crippen LogP contribution in [0.5, 0.6) is 11.5 Å². The third-order valence-electron chi connectivity index (χ3n) is 4.45. The van der Waals surface area contributed by atoms with Crippen molar-refractivity contribution in [1.29, 1.82) is 0 Å². The summed E-state index contributed by atoms with van der Waals surface area (Å²) in [5.41, 5.74) is 1.59. The molecule has 1 N–H and O–H groups in total. The Hall–Kier alpha value is -3.50. The van der Waals surface area contributed by atoms with Crippen molar-refractivity contribution >= 4 is 23.4 Å². The lowest BCUT2D eigenvalue weighted by Gasteiger charge is -2.18. The highest BCUT2D eigenvalue weighted by Gasteiger charge is 2.23. The number of hydrogen-bond acceptors (Lipinski definition) is 3. The normalized spacial score (nSPS) is 11.5. The minimum atomic E-state index is -0.390. The molecule has 0 saturated heterocycles. The highest BCUT2D eigenvalue weighted by molar-refractivity contribution is 8.00. The number of carbonyl (C=O) groups excluding carboxylic acids is 1. The van der Waals surface area contributed by atoms with E-state index in [2.05, 4.69) is 5.32 Å². The van der Waals surface area contributed by atoms with Gasteiger partial charge >= 0.3 is 0 Å². The highest BCUT2D eigenvalue weighted by atomic mass is 32.2. The second-order valence-corrected chi connectivity index (χ2v) is 7.80. The Kier molecular flexibility index (Phi) is 6.47. The fraction of sp³-hybridized carbons (Fsp3) is 0.0385. The first-order valence-electron chi connectivity index (χ1n) is 9.69. The van der Waals surface area contributed by atoms with Gasteiger partial charge in [-0.25, -0.2) is 0 Å². The van der Waals surface area contributed by atoms with E-state index < -0.39 is 5.25 Å². The SMILES string of the molecule is O=C(Nc1ccccc1Oc1ccccc1)[C@H](Sc1ccccc1)c1ccccc1. The van der Waals surface area contributed by atoms with Crippen LogP contribution >= 0.6 is 11.8 Å². The van der Waals surface area contributed by atoms with Gasteiger partial charge in [0.1, 0.15) is 11.0 Å². The molecule has 0 radical (unpaired) electrons. The molecule has 1 amide bonds. The molecule has 0 saturated carbocycles. The number of para-hydroxylation sites is 3. The van der Waals surface area contributed by atoms with Gasteiger partial charge < -0.3 is 10.1 Å². The molecular formula is C26H21NO2S. The number of benzene rings is 4. The van der Waals surface area contributed by atoms with E-state index in [0.717, 1.165) is 16.2 Å². The molecule has 30 heavy (non-hydrogen) atoms. The number of carbonyl (C=O) groups is 1. The highest BCUT2D eigenvalue weighted by Crippen LogP contribution is 2.37. The van der Waals surface area contributed by atoms with Crippen LogP contribution in [-0.4, -0.2) is 5.91 Å². The monoisotopic (exact) mass is 411 g/mol. The summed E-state index contributed by atoms with van der Waals surface area (Å²) in [6.07, 6.45) is 0. The molecular weight excluding hydrogens is 390 g/mol. The number of rotatable bonds is 7. The van der Waals surface area contributed by atoms with Crippen LogP contribution in [0.3, 0.4) is 0 Å². The van der Waals surface area contributed by atoms with Gasteiger partial charge in [-0.1, -0.05) is 78.9 Å². The fourth-order valence-corrected chi connectivity index (χ4v) is 4.05. The van der Waals surface area contributed by atoms with Crippen molar-refractivity contribution in [3.05, 3.63) is 121 Å². The lowest BCUT2D eigenvalue weighted by Crippen LogP contribution is -2.19. The van der Waals surface area contributed by atoms with E-state index in [1.54, 1.807) is 0 Å². The molecule has 0 bridgehead atoms. The Morgan fingerprint density at radius 3 is 1.97 bits per heavy atom. The first-order valence-corrected chi connectivity index (χ1v) is 10.6. The van der Waals surface area contributed by atoms with E-state index in [0.29, 0.717) is 11.4 Å². The quantitative estimate of drug-likeness (QED) is 0.334. The number of ether oxygens (including phenoxy) is 1. The van der Waals surface area contributed by atoms with Gasteiger partial charge in [-0.2, -0.15) is 0 Å². The Labute approximate surface area is 180 Å². The summed E-state index contributed by atoms with van der Waals surface area (Å²) in [7, 11) is 0. The number of nitrogens with one attached hydrogen (secondary N) is 1. The average Bonchev–Trinajstić information content (AvgIpc) is 2.81. The summed E-state index contributed by atoms with van der Waals surface area (Å²) in [6.45, 7) is 0. The first kappa shape index (κ1) is 19.8. The number of hydrogen-bond donors (Lipinski definition) is 1. The first-order chi connectivity index (χ1) is 14.8. The van der Waals surface area contributed by atoms with Crippen molar-refractivity contribution in [3.63, 3.8) is 0 Å². The van der Waals surface area contributed by atoms with E-state index in [9.17, 15) is 4.79 Å². The molecule has 0 fully saturated rings. The molecule has 3 nitrogen and oxygen atoms in total. The minimum absolute atomic E-state index is 0.0980. The predicted octanol–water partition coefficient (Wildman–Crippen LogP) is 6.95. The van der Waals surface area contributed by atoms with Gasteiger partial charge in [0, 0.05) is 4.90 Å². The van der Waals surface area contributed by atoms with Crippen molar-refractivity contribution in [2.75, 3.05) is 5.32 Å². The fourth-order valence-electron chi connectivity index (χ4n) is 3.01. The van der Waals surface area contributed by atoms with Gasteiger partial charge in [-0.05, 0) is 42.0 Å². The summed E-state index contributed by atoms with van der Waals surface area (Å²) in [5.74, 6) is 1.23. The molecule has 4 aromatic rings. The van der Waals surface area contributed by atoms with Crippen LogP contribution < -0.4 is 10.1 Å². The Balaban J connectivity index is 1.58. The smallest absolute Gasteiger partial charge is 0.242 e. The molecule has 1 atom stereocenters. The lowest BCUT2D eigenvalue weighted by molar-refractivity contribution is -0.115. The van der Waals surface area contributed by atoms with Crippen molar-refractivity contribution in [2.24, 2.45) is 0 Å².